The highest BCUT2D eigenvalue weighted by atomic mass is 16.6. The van der Waals surface area contributed by atoms with Crippen LogP contribution in [0.1, 0.15) is 271 Å². The molecule has 0 aliphatic rings. The zero-order chi connectivity index (χ0) is 56.4. The smallest absolute Gasteiger partial charge is 0.306 e. The second-order valence-corrected chi connectivity index (χ2v) is 20.6. The Balaban J connectivity index is 4.37. The lowest BCUT2D eigenvalue weighted by Gasteiger charge is -2.18. The summed E-state index contributed by atoms with van der Waals surface area (Å²) in [5, 5.41) is 0. The summed E-state index contributed by atoms with van der Waals surface area (Å²) < 4.78 is 16.8. The molecule has 0 spiro atoms. The van der Waals surface area contributed by atoms with Crippen LogP contribution in [0.25, 0.3) is 0 Å². The Kier molecular flexibility index (Phi) is 60.9. The first-order chi connectivity index (χ1) is 38.5. The minimum absolute atomic E-state index is 0.0997. The molecule has 0 amide bonds. The lowest BCUT2D eigenvalue weighted by molar-refractivity contribution is -0.167. The quantitative estimate of drug-likeness (QED) is 0.0261. The van der Waals surface area contributed by atoms with Crippen molar-refractivity contribution in [2.45, 2.75) is 277 Å². The molecule has 0 heterocycles. The van der Waals surface area contributed by atoms with Crippen LogP contribution in [-0.2, 0) is 28.6 Å². The number of hydrogen-bond donors (Lipinski definition) is 0. The Labute approximate surface area is 480 Å². The summed E-state index contributed by atoms with van der Waals surface area (Å²) in [5.74, 6) is -0.961. The lowest BCUT2D eigenvalue weighted by Crippen LogP contribution is -2.30. The predicted octanol–water partition coefficient (Wildman–Crippen LogP) is 21.9. The molecule has 0 saturated heterocycles. The molecule has 0 aromatic carbocycles. The average Bonchev–Trinajstić information content (AvgIpc) is 3.44. The van der Waals surface area contributed by atoms with E-state index in [4.69, 9.17) is 14.2 Å². The van der Waals surface area contributed by atoms with Gasteiger partial charge in [-0.05, 0) is 128 Å². The summed E-state index contributed by atoms with van der Waals surface area (Å²) in [4.78, 5) is 38.2. The Hall–Kier alpha value is -4.71. The van der Waals surface area contributed by atoms with Crippen molar-refractivity contribution in [1.29, 1.82) is 0 Å². The van der Waals surface area contributed by atoms with Crippen LogP contribution in [0.5, 0.6) is 0 Å². The van der Waals surface area contributed by atoms with Gasteiger partial charge in [0, 0.05) is 19.3 Å². The Morgan fingerprint density at radius 2 is 0.500 bits per heavy atom. The molecule has 0 aliphatic heterocycles. The van der Waals surface area contributed by atoms with E-state index in [9.17, 15) is 14.4 Å². The van der Waals surface area contributed by atoms with Crippen LogP contribution in [0, 0.1) is 0 Å². The zero-order valence-corrected chi connectivity index (χ0v) is 50.4. The zero-order valence-electron chi connectivity index (χ0n) is 50.4. The van der Waals surface area contributed by atoms with Gasteiger partial charge in [0.1, 0.15) is 13.2 Å². The monoisotopic (exact) mass is 1080 g/mol. The van der Waals surface area contributed by atoms with Crippen molar-refractivity contribution in [3.63, 3.8) is 0 Å². The Bertz CT molecular complexity index is 1710. The van der Waals surface area contributed by atoms with Crippen molar-refractivity contribution >= 4 is 17.9 Å². The highest BCUT2D eigenvalue weighted by Gasteiger charge is 2.19. The number of esters is 3. The number of ether oxygens (including phenoxy) is 3. The van der Waals surface area contributed by atoms with Crippen molar-refractivity contribution < 1.29 is 28.6 Å². The van der Waals surface area contributed by atoms with Gasteiger partial charge in [-0.2, -0.15) is 0 Å². The number of unbranched alkanes of at least 4 members (excludes halogenated alkanes) is 21. The topological polar surface area (TPSA) is 78.9 Å². The minimum atomic E-state index is -0.807. The fourth-order valence-corrected chi connectivity index (χ4v) is 8.32. The van der Waals surface area contributed by atoms with Gasteiger partial charge in [-0.15, -0.1) is 0 Å². The molecule has 6 heteroatoms. The Morgan fingerprint density at radius 3 is 0.833 bits per heavy atom. The highest BCUT2D eigenvalue weighted by molar-refractivity contribution is 5.71. The maximum Gasteiger partial charge on any atom is 0.306 e. The van der Waals surface area contributed by atoms with Gasteiger partial charge >= 0.3 is 17.9 Å². The number of rotatable bonds is 56. The van der Waals surface area contributed by atoms with Gasteiger partial charge in [0.25, 0.3) is 0 Å². The van der Waals surface area contributed by atoms with Gasteiger partial charge in [0.15, 0.2) is 6.10 Å². The van der Waals surface area contributed by atoms with E-state index in [1.165, 1.54) is 83.5 Å². The molecule has 0 aromatic heterocycles. The largest absolute Gasteiger partial charge is 0.462 e. The fraction of sp³-hybridized carbons (Fsp3) is 0.625. The van der Waals surface area contributed by atoms with Gasteiger partial charge in [-0.3, -0.25) is 14.4 Å². The molecule has 78 heavy (non-hydrogen) atoms. The van der Waals surface area contributed by atoms with Crippen LogP contribution < -0.4 is 0 Å². The summed E-state index contributed by atoms with van der Waals surface area (Å²) in [6.45, 7) is 6.45. The van der Waals surface area contributed by atoms with Crippen molar-refractivity contribution in [1.82, 2.24) is 0 Å². The SMILES string of the molecule is CC/C=C\C/C=C\C/C=C\C/C=C\C/C=C\C/C=C\C/C=C\C/C=C\C/C=C\C/C=C\CCCCC(=O)OCC(COC(=O)CCCCCCCCCCCCCC)OC(=O)CCCCCCC/C=C\C/C=C\CCCCC. The average molecular weight is 1080 g/mol. The standard InChI is InChI=1S/C72H116O6/c1-4-7-10-13-16-19-22-25-27-28-29-30-31-32-33-34-35-36-37-38-39-40-41-42-43-44-46-47-50-53-56-59-62-65-71(74)77-68-69(67-76-70(73)64-61-58-55-52-49-24-21-18-15-12-9-6-3)78-72(75)66-63-60-57-54-51-48-45-26-23-20-17-14-11-8-5-2/h7,10,16-17,19-20,25-27,29-30,32-33,35-36,38-39,41-42,44-46,50,53,69H,4-6,8-9,11-15,18,21-24,28,31,34,37,40,43,47-49,51-52,54-68H2,1-3H3/b10-7-,19-16-,20-17-,27-25-,30-29-,33-32-,36-35-,39-38-,42-41-,45-26-,46-44-,53-50-. The molecule has 0 rings (SSSR count). The normalized spacial score (nSPS) is 13.1. The van der Waals surface area contributed by atoms with Gasteiger partial charge < -0.3 is 14.2 Å². The minimum Gasteiger partial charge on any atom is -0.462 e. The molecule has 0 N–H and O–H groups in total. The first-order valence-electron chi connectivity index (χ1n) is 31.8. The first-order valence-corrected chi connectivity index (χ1v) is 31.8. The number of carbonyl (C=O) groups excluding carboxylic acids is 3. The molecule has 6 nitrogen and oxygen atoms in total. The van der Waals surface area contributed by atoms with Crippen molar-refractivity contribution in [2.75, 3.05) is 13.2 Å². The van der Waals surface area contributed by atoms with Gasteiger partial charge in [0.2, 0.25) is 0 Å². The second-order valence-electron chi connectivity index (χ2n) is 20.6. The van der Waals surface area contributed by atoms with Crippen LogP contribution >= 0.6 is 0 Å². The van der Waals surface area contributed by atoms with Crippen LogP contribution in [0.2, 0.25) is 0 Å². The molecule has 0 aliphatic carbocycles. The molecular weight excluding hydrogens is 961 g/mol. The van der Waals surface area contributed by atoms with Crippen LogP contribution in [-0.4, -0.2) is 37.2 Å². The Morgan fingerprint density at radius 1 is 0.269 bits per heavy atom. The third kappa shape index (κ3) is 62.1. The number of hydrogen-bond acceptors (Lipinski definition) is 6. The number of allylic oxidation sites excluding steroid dienone is 24. The summed E-state index contributed by atoms with van der Waals surface area (Å²) >= 11 is 0. The van der Waals surface area contributed by atoms with Gasteiger partial charge in [0.05, 0.1) is 0 Å². The van der Waals surface area contributed by atoms with E-state index < -0.39 is 6.10 Å². The van der Waals surface area contributed by atoms with Crippen LogP contribution in [0.3, 0.4) is 0 Å². The fourth-order valence-electron chi connectivity index (χ4n) is 8.32. The van der Waals surface area contributed by atoms with Crippen LogP contribution in [0.4, 0.5) is 0 Å². The maximum absolute atomic E-state index is 12.9. The van der Waals surface area contributed by atoms with E-state index in [2.05, 4.69) is 167 Å². The molecule has 0 aromatic rings. The predicted molar refractivity (Wildman–Crippen MR) is 339 cm³/mol. The molecule has 0 radical (unpaired) electrons. The van der Waals surface area contributed by atoms with E-state index in [-0.39, 0.29) is 31.1 Å². The van der Waals surface area contributed by atoms with Crippen LogP contribution in [0.15, 0.2) is 146 Å². The summed E-state index contributed by atoms with van der Waals surface area (Å²) in [7, 11) is 0. The second kappa shape index (κ2) is 64.8. The first kappa shape index (κ1) is 73.3. The van der Waals surface area contributed by atoms with E-state index in [0.717, 1.165) is 141 Å². The molecule has 1 atom stereocenters. The summed E-state index contributed by atoms with van der Waals surface area (Å²) in [5.41, 5.74) is 0. The molecule has 0 bridgehead atoms. The van der Waals surface area contributed by atoms with Crippen molar-refractivity contribution in [2.24, 2.45) is 0 Å². The van der Waals surface area contributed by atoms with E-state index in [0.29, 0.717) is 25.7 Å². The molecular formula is C72H116O6. The summed E-state index contributed by atoms with van der Waals surface area (Å²) in [6.07, 6.45) is 92.8. The summed E-state index contributed by atoms with van der Waals surface area (Å²) in [6, 6.07) is 0. The molecule has 0 fully saturated rings. The lowest BCUT2D eigenvalue weighted by atomic mass is 10.0. The molecule has 0 saturated carbocycles. The highest BCUT2D eigenvalue weighted by Crippen LogP contribution is 2.14. The number of carbonyl (C=O) groups is 3. The van der Waals surface area contributed by atoms with Crippen molar-refractivity contribution in [3.05, 3.63) is 146 Å². The molecule has 440 valence electrons. The third-order valence-electron chi connectivity index (χ3n) is 13.1. The van der Waals surface area contributed by atoms with Gasteiger partial charge in [-0.25, -0.2) is 0 Å². The maximum atomic E-state index is 12.9. The van der Waals surface area contributed by atoms with Gasteiger partial charge in [-0.1, -0.05) is 269 Å². The van der Waals surface area contributed by atoms with Crippen molar-refractivity contribution in [3.8, 4) is 0 Å². The van der Waals surface area contributed by atoms with E-state index >= 15 is 0 Å². The molecule has 1 unspecified atom stereocenters. The van der Waals surface area contributed by atoms with E-state index in [1.807, 2.05) is 0 Å². The van der Waals surface area contributed by atoms with E-state index in [1.54, 1.807) is 0 Å². The third-order valence-corrected chi connectivity index (χ3v) is 13.1.